The van der Waals surface area contributed by atoms with Gasteiger partial charge in [-0.2, -0.15) is 4.31 Å². The third-order valence-corrected chi connectivity index (χ3v) is 7.74. The topological polar surface area (TPSA) is 195 Å². The van der Waals surface area contributed by atoms with Gasteiger partial charge in [-0.15, -0.1) is 0 Å². The van der Waals surface area contributed by atoms with Gasteiger partial charge in [0.05, 0.1) is 4.90 Å². The Labute approximate surface area is 214 Å². The molecule has 37 heavy (non-hydrogen) atoms. The Bertz CT molecular complexity index is 1240. The first-order valence-electron chi connectivity index (χ1n) is 11.6. The van der Waals surface area contributed by atoms with E-state index in [1.165, 1.54) is 12.1 Å². The van der Waals surface area contributed by atoms with Gasteiger partial charge < -0.3 is 26.8 Å². The number of nitrogens with two attached hydrogens (primary N) is 1. The molecule has 1 heterocycles. The molecule has 198 valence electrons. The van der Waals surface area contributed by atoms with E-state index in [1.807, 2.05) is 0 Å². The molecule has 0 saturated carbocycles. The lowest BCUT2D eigenvalue weighted by Crippen LogP contribution is -2.51. The zero-order valence-electron chi connectivity index (χ0n) is 20.0. The number of carboxylic acids is 1. The maximum Gasteiger partial charge on any atom is 0.326 e. The molecule has 2 amide bonds. The van der Waals surface area contributed by atoms with Gasteiger partial charge >= 0.3 is 5.97 Å². The highest BCUT2D eigenvalue weighted by atomic mass is 32.2. The summed E-state index contributed by atoms with van der Waals surface area (Å²) in [6.07, 6.45) is 0.850. The van der Waals surface area contributed by atoms with Crippen LogP contribution in [0.1, 0.15) is 24.8 Å². The molecule has 0 spiro atoms. The van der Waals surface area contributed by atoms with Gasteiger partial charge in [0.2, 0.25) is 21.8 Å². The van der Waals surface area contributed by atoms with Gasteiger partial charge in [-0.1, -0.05) is 30.3 Å². The molecule has 13 heteroatoms. The van der Waals surface area contributed by atoms with Gasteiger partial charge in [0.1, 0.15) is 12.1 Å². The lowest BCUT2D eigenvalue weighted by molar-refractivity contribution is -0.142. The van der Waals surface area contributed by atoms with Gasteiger partial charge in [0.15, 0.2) is 5.96 Å². The molecule has 1 aliphatic heterocycles. The minimum atomic E-state index is -3.90. The van der Waals surface area contributed by atoms with Crippen LogP contribution in [0.25, 0.3) is 0 Å². The molecule has 1 aliphatic rings. The molecule has 0 radical (unpaired) electrons. The number of nitrogens with one attached hydrogen (secondary N) is 4. The highest BCUT2D eigenvalue weighted by Gasteiger charge is 2.40. The van der Waals surface area contributed by atoms with Crippen LogP contribution >= 0.6 is 0 Å². The number of aliphatic carboxylic acids is 1. The molecule has 2 aromatic rings. The molecule has 2 atom stereocenters. The van der Waals surface area contributed by atoms with Crippen molar-refractivity contribution in [2.24, 2.45) is 5.73 Å². The van der Waals surface area contributed by atoms with E-state index < -0.39 is 34.0 Å². The molecule has 1 unspecified atom stereocenters. The van der Waals surface area contributed by atoms with Crippen molar-refractivity contribution in [1.29, 1.82) is 5.41 Å². The first-order valence-corrected chi connectivity index (χ1v) is 13.1. The number of rotatable bonds is 11. The van der Waals surface area contributed by atoms with Crippen molar-refractivity contribution in [3.63, 3.8) is 0 Å². The molecule has 2 aromatic carbocycles. The molecular formula is C24H30N6O6S. The highest BCUT2D eigenvalue weighted by Crippen LogP contribution is 2.26. The second-order valence-corrected chi connectivity index (χ2v) is 10.4. The number of carbonyl (C=O) groups excluding carboxylic acids is 2. The lowest BCUT2D eigenvalue weighted by atomic mass is 10.0. The smallest absolute Gasteiger partial charge is 0.326 e. The zero-order valence-corrected chi connectivity index (χ0v) is 20.8. The van der Waals surface area contributed by atoms with E-state index in [-0.39, 0.29) is 42.7 Å². The van der Waals surface area contributed by atoms with Gasteiger partial charge in [0, 0.05) is 31.6 Å². The minimum absolute atomic E-state index is 0.0318. The standard InChI is InChI=1S/C24H30N6O6S/c25-24(26)27-13-12-21(31)28-17-10-8-16(9-11-17)15-19(23(33)34)29-22(32)20-7-4-14-30(20)37(35,36)18-5-2-1-3-6-18/h1-3,5-6,8-11,19-20H,4,7,12-15H2,(H,28,31)(H,29,32)(H,33,34)(H4,25,26,27)/t19?,20-/m0/s1. The third kappa shape index (κ3) is 7.51. The van der Waals surface area contributed by atoms with Crippen LogP contribution < -0.4 is 21.7 Å². The summed E-state index contributed by atoms with van der Waals surface area (Å²) in [5.74, 6) is -2.42. The van der Waals surface area contributed by atoms with Gasteiger partial charge in [-0.3, -0.25) is 15.0 Å². The molecule has 1 fully saturated rings. The fraction of sp³-hybridized carbons (Fsp3) is 0.333. The van der Waals surface area contributed by atoms with Crippen molar-refractivity contribution >= 4 is 39.5 Å². The van der Waals surface area contributed by atoms with Crippen molar-refractivity contribution in [3.05, 3.63) is 60.2 Å². The largest absolute Gasteiger partial charge is 0.480 e. The van der Waals surface area contributed by atoms with E-state index in [9.17, 15) is 27.9 Å². The summed E-state index contributed by atoms with van der Waals surface area (Å²) >= 11 is 0. The normalized spacial score (nSPS) is 16.5. The van der Waals surface area contributed by atoms with E-state index in [0.29, 0.717) is 24.1 Å². The minimum Gasteiger partial charge on any atom is -0.480 e. The average Bonchev–Trinajstić information content (AvgIpc) is 3.36. The predicted octanol–water partition coefficient (Wildman–Crippen LogP) is 0.463. The molecule has 0 aromatic heterocycles. The number of nitrogens with zero attached hydrogens (tertiary/aromatic N) is 1. The highest BCUT2D eigenvalue weighted by molar-refractivity contribution is 7.89. The van der Waals surface area contributed by atoms with Crippen LogP contribution in [0, 0.1) is 5.41 Å². The zero-order chi connectivity index (χ0) is 27.0. The van der Waals surface area contributed by atoms with Gasteiger partial charge in [-0.25, -0.2) is 13.2 Å². The van der Waals surface area contributed by atoms with Crippen molar-refractivity contribution in [1.82, 2.24) is 14.9 Å². The monoisotopic (exact) mass is 530 g/mol. The Morgan fingerprint density at radius 3 is 2.41 bits per heavy atom. The van der Waals surface area contributed by atoms with E-state index in [1.54, 1.807) is 42.5 Å². The molecule has 12 nitrogen and oxygen atoms in total. The molecule has 1 saturated heterocycles. The molecular weight excluding hydrogens is 500 g/mol. The Morgan fingerprint density at radius 1 is 1.11 bits per heavy atom. The van der Waals surface area contributed by atoms with Gasteiger partial charge in [-0.05, 0) is 42.7 Å². The van der Waals surface area contributed by atoms with Gasteiger partial charge in [0.25, 0.3) is 0 Å². The first kappa shape index (κ1) is 27.6. The number of guanidine groups is 1. The maximum absolute atomic E-state index is 13.0. The van der Waals surface area contributed by atoms with E-state index in [4.69, 9.17) is 11.1 Å². The second-order valence-electron chi connectivity index (χ2n) is 8.53. The predicted molar refractivity (Wildman–Crippen MR) is 136 cm³/mol. The quantitative estimate of drug-likeness (QED) is 0.178. The van der Waals surface area contributed by atoms with Crippen LogP contribution in [0.3, 0.4) is 0 Å². The summed E-state index contributed by atoms with van der Waals surface area (Å²) in [4.78, 5) is 36.9. The number of carboxylic acid groups (broad SMARTS) is 1. The maximum atomic E-state index is 13.0. The third-order valence-electron chi connectivity index (χ3n) is 5.82. The Morgan fingerprint density at radius 2 is 1.78 bits per heavy atom. The summed E-state index contributed by atoms with van der Waals surface area (Å²) in [6.45, 7) is 0.384. The van der Waals surface area contributed by atoms with Crippen molar-refractivity contribution in [2.75, 3.05) is 18.4 Å². The van der Waals surface area contributed by atoms with Crippen LogP contribution in [-0.4, -0.2) is 66.7 Å². The number of sulfonamides is 1. The Balaban J connectivity index is 1.61. The summed E-state index contributed by atoms with van der Waals surface area (Å²) < 4.78 is 27.2. The Kier molecular flexibility index (Phi) is 9.20. The molecule has 3 rings (SSSR count). The first-order chi connectivity index (χ1) is 17.6. The summed E-state index contributed by atoms with van der Waals surface area (Å²) in [5, 5.41) is 24.5. The fourth-order valence-electron chi connectivity index (χ4n) is 3.98. The van der Waals surface area contributed by atoms with Crippen LogP contribution in [0.5, 0.6) is 0 Å². The SMILES string of the molecule is N=C(N)NCCC(=O)Nc1ccc(CC(NC(=O)[C@@H]2CCCN2S(=O)(=O)c2ccccc2)C(=O)O)cc1. The van der Waals surface area contributed by atoms with Crippen LogP contribution in [0.4, 0.5) is 5.69 Å². The lowest BCUT2D eigenvalue weighted by Gasteiger charge is -2.25. The Hall–Kier alpha value is -3.97. The van der Waals surface area contributed by atoms with Crippen LogP contribution in [-0.2, 0) is 30.8 Å². The summed E-state index contributed by atoms with van der Waals surface area (Å²) in [6, 6.07) is 12.0. The number of amides is 2. The van der Waals surface area contributed by atoms with Crippen molar-refractivity contribution in [3.8, 4) is 0 Å². The number of anilines is 1. The molecule has 0 aliphatic carbocycles. The number of hydrogen-bond acceptors (Lipinski definition) is 6. The van der Waals surface area contributed by atoms with E-state index in [0.717, 1.165) is 4.31 Å². The second kappa shape index (κ2) is 12.3. The summed E-state index contributed by atoms with van der Waals surface area (Å²) in [5.41, 5.74) is 6.27. The molecule has 0 bridgehead atoms. The fourth-order valence-corrected chi connectivity index (χ4v) is 5.66. The van der Waals surface area contributed by atoms with E-state index in [2.05, 4.69) is 16.0 Å². The number of benzene rings is 2. The number of hydrogen-bond donors (Lipinski definition) is 6. The summed E-state index contributed by atoms with van der Waals surface area (Å²) in [7, 11) is -3.90. The van der Waals surface area contributed by atoms with Crippen molar-refractivity contribution < 1.29 is 27.9 Å². The molecule has 7 N–H and O–H groups in total. The average molecular weight is 531 g/mol. The van der Waals surface area contributed by atoms with E-state index >= 15 is 0 Å². The van der Waals surface area contributed by atoms with Crippen LogP contribution in [0.15, 0.2) is 59.5 Å². The van der Waals surface area contributed by atoms with Crippen molar-refractivity contribution in [2.45, 2.75) is 42.7 Å². The van der Waals surface area contributed by atoms with Crippen LogP contribution in [0.2, 0.25) is 0 Å². The number of carbonyl (C=O) groups is 3.